The summed E-state index contributed by atoms with van der Waals surface area (Å²) in [6.45, 7) is 5.74. The Hall–Kier alpha value is -1.45. The average Bonchev–Trinajstić information content (AvgIpc) is 2.41. The Morgan fingerprint density at radius 2 is 1.74 bits per heavy atom. The number of aromatic nitrogens is 1. The lowest BCUT2D eigenvalue weighted by molar-refractivity contribution is 0.212. The zero-order valence-electron chi connectivity index (χ0n) is 11.2. The third-order valence-corrected chi connectivity index (χ3v) is 2.87. The molecule has 0 aliphatic carbocycles. The Balaban J connectivity index is 0.000000861. The molecule has 2 nitrogen and oxygen atoms in total. The normalized spacial score (nSPS) is 11.5. The predicted octanol–water partition coefficient (Wildman–Crippen LogP) is 4.29. The molecule has 102 valence electrons. The summed E-state index contributed by atoms with van der Waals surface area (Å²) in [5.41, 5.74) is 1.46. The maximum absolute atomic E-state index is 13.6. The summed E-state index contributed by atoms with van der Waals surface area (Å²) in [6, 6.07) is 8.31. The molecule has 0 amide bonds. The lowest BCUT2D eigenvalue weighted by Gasteiger charge is -2.14. The maximum Gasteiger partial charge on any atom is 0.219 e. The smallest absolute Gasteiger partial charge is 0.219 e. The van der Waals surface area contributed by atoms with Crippen molar-refractivity contribution in [3.05, 3.63) is 64.2 Å². The van der Waals surface area contributed by atoms with Gasteiger partial charge in [-0.2, -0.15) is 4.39 Å². The zero-order valence-corrected chi connectivity index (χ0v) is 11.9. The summed E-state index contributed by atoms with van der Waals surface area (Å²) < 4.78 is 13.6. The summed E-state index contributed by atoms with van der Waals surface area (Å²) in [6.07, 6.45) is 0.351. The van der Waals surface area contributed by atoms with Gasteiger partial charge in [0.05, 0.1) is 0 Å². The molecule has 0 aliphatic rings. The van der Waals surface area contributed by atoms with Gasteiger partial charge in [-0.1, -0.05) is 37.6 Å². The molecule has 1 aromatic carbocycles. The monoisotopic (exact) mass is 281 g/mol. The molecule has 1 aromatic heterocycles. The lowest BCUT2D eigenvalue weighted by Crippen LogP contribution is -2.06. The van der Waals surface area contributed by atoms with E-state index < -0.39 is 12.1 Å². The van der Waals surface area contributed by atoms with Gasteiger partial charge in [0.15, 0.2) is 0 Å². The number of pyridine rings is 1. The zero-order chi connectivity index (χ0) is 14.4. The Morgan fingerprint density at radius 3 is 2.26 bits per heavy atom. The van der Waals surface area contributed by atoms with Gasteiger partial charge in [0.25, 0.3) is 0 Å². The van der Waals surface area contributed by atoms with E-state index >= 15 is 0 Å². The SMILES string of the molecule is CC.Cc1ccnc(F)c1C(O)c1ccc(Cl)cc1. The van der Waals surface area contributed by atoms with Crippen molar-refractivity contribution >= 4 is 11.6 Å². The van der Waals surface area contributed by atoms with Gasteiger partial charge < -0.3 is 5.11 Å². The van der Waals surface area contributed by atoms with Crippen molar-refractivity contribution in [2.45, 2.75) is 26.9 Å². The van der Waals surface area contributed by atoms with Crippen LogP contribution in [0.1, 0.15) is 36.6 Å². The number of rotatable bonds is 2. The minimum absolute atomic E-state index is 0.204. The minimum Gasteiger partial charge on any atom is -0.383 e. The van der Waals surface area contributed by atoms with Gasteiger partial charge in [-0.15, -0.1) is 0 Å². The molecule has 2 aromatic rings. The largest absolute Gasteiger partial charge is 0.383 e. The fourth-order valence-corrected chi connectivity index (χ4v) is 1.80. The molecule has 0 spiro atoms. The quantitative estimate of drug-likeness (QED) is 0.833. The first-order valence-corrected chi connectivity index (χ1v) is 6.52. The van der Waals surface area contributed by atoms with Crippen LogP contribution >= 0.6 is 11.6 Å². The van der Waals surface area contributed by atoms with Crippen molar-refractivity contribution in [2.75, 3.05) is 0 Å². The second kappa shape index (κ2) is 7.22. The van der Waals surface area contributed by atoms with Crippen molar-refractivity contribution in [3.8, 4) is 0 Å². The molecule has 1 heterocycles. The van der Waals surface area contributed by atoms with Crippen LogP contribution in [0.3, 0.4) is 0 Å². The Morgan fingerprint density at radius 1 is 1.16 bits per heavy atom. The molecule has 4 heteroatoms. The Kier molecular flexibility index (Phi) is 5.93. The van der Waals surface area contributed by atoms with Crippen molar-refractivity contribution < 1.29 is 9.50 Å². The van der Waals surface area contributed by atoms with E-state index in [0.29, 0.717) is 16.1 Å². The Bertz CT molecular complexity index is 508. The van der Waals surface area contributed by atoms with E-state index in [0.717, 1.165) is 0 Å². The summed E-state index contributed by atoms with van der Waals surface area (Å²) in [4.78, 5) is 3.55. The fourth-order valence-electron chi connectivity index (χ4n) is 1.68. The van der Waals surface area contributed by atoms with Crippen molar-refractivity contribution in [3.63, 3.8) is 0 Å². The number of nitrogens with zero attached hydrogens (tertiary/aromatic N) is 1. The van der Waals surface area contributed by atoms with Crippen molar-refractivity contribution in [1.82, 2.24) is 4.98 Å². The number of aliphatic hydroxyl groups excluding tert-OH is 1. The first-order valence-electron chi connectivity index (χ1n) is 6.14. The standard InChI is InChI=1S/C13H11ClFNO.C2H6/c1-8-6-7-16-13(15)11(8)12(17)9-2-4-10(14)5-3-9;1-2/h2-7,12,17H,1H3;1-2H3. The molecule has 19 heavy (non-hydrogen) atoms. The molecule has 1 N–H and O–H groups in total. The highest BCUT2D eigenvalue weighted by Crippen LogP contribution is 2.26. The van der Waals surface area contributed by atoms with E-state index in [-0.39, 0.29) is 5.56 Å². The van der Waals surface area contributed by atoms with E-state index in [4.69, 9.17) is 11.6 Å². The maximum atomic E-state index is 13.6. The molecular formula is C15H17ClFNO. The molecule has 1 unspecified atom stereocenters. The van der Waals surface area contributed by atoms with E-state index in [2.05, 4.69) is 4.98 Å². The van der Waals surface area contributed by atoms with Crippen LogP contribution in [-0.4, -0.2) is 10.1 Å². The van der Waals surface area contributed by atoms with E-state index in [1.54, 1.807) is 37.3 Å². The van der Waals surface area contributed by atoms with Crippen LogP contribution < -0.4 is 0 Å². The first-order chi connectivity index (χ1) is 9.09. The van der Waals surface area contributed by atoms with Crippen LogP contribution in [0.15, 0.2) is 36.5 Å². The average molecular weight is 282 g/mol. The highest BCUT2D eigenvalue weighted by molar-refractivity contribution is 6.30. The predicted molar refractivity (Wildman–Crippen MR) is 75.8 cm³/mol. The molecule has 2 rings (SSSR count). The van der Waals surface area contributed by atoms with Gasteiger partial charge in [-0.3, -0.25) is 0 Å². The molecule has 0 saturated carbocycles. The summed E-state index contributed by atoms with van der Waals surface area (Å²) >= 11 is 5.76. The van der Waals surface area contributed by atoms with Gasteiger partial charge in [-0.05, 0) is 36.2 Å². The van der Waals surface area contributed by atoms with Crippen LogP contribution in [0.2, 0.25) is 5.02 Å². The van der Waals surface area contributed by atoms with Gasteiger partial charge in [0.2, 0.25) is 5.95 Å². The highest BCUT2D eigenvalue weighted by Gasteiger charge is 2.18. The first kappa shape index (κ1) is 15.6. The molecular weight excluding hydrogens is 265 g/mol. The number of aryl methyl sites for hydroxylation is 1. The van der Waals surface area contributed by atoms with Crippen molar-refractivity contribution in [2.24, 2.45) is 0 Å². The fraction of sp³-hybridized carbons (Fsp3) is 0.267. The summed E-state index contributed by atoms with van der Waals surface area (Å²) in [5.74, 6) is -0.646. The van der Waals surface area contributed by atoms with Crippen LogP contribution in [0, 0.1) is 12.9 Å². The number of hydrogen-bond donors (Lipinski definition) is 1. The molecule has 0 radical (unpaired) electrons. The number of hydrogen-bond acceptors (Lipinski definition) is 2. The number of halogens is 2. The molecule has 0 saturated heterocycles. The van der Waals surface area contributed by atoms with Gasteiger partial charge in [0, 0.05) is 16.8 Å². The number of benzene rings is 1. The lowest BCUT2D eigenvalue weighted by atomic mass is 9.99. The van der Waals surface area contributed by atoms with Crippen LogP contribution in [0.5, 0.6) is 0 Å². The topological polar surface area (TPSA) is 33.1 Å². The molecule has 0 aliphatic heterocycles. The highest BCUT2D eigenvalue weighted by atomic mass is 35.5. The third kappa shape index (κ3) is 3.75. The van der Waals surface area contributed by atoms with Crippen LogP contribution in [0.4, 0.5) is 4.39 Å². The minimum atomic E-state index is -1.03. The molecule has 1 atom stereocenters. The summed E-state index contributed by atoms with van der Waals surface area (Å²) in [7, 11) is 0. The third-order valence-electron chi connectivity index (χ3n) is 2.62. The van der Waals surface area contributed by atoms with Crippen molar-refractivity contribution in [1.29, 1.82) is 0 Å². The summed E-state index contributed by atoms with van der Waals surface area (Å²) in [5, 5.41) is 10.7. The molecule has 0 fully saturated rings. The Labute approximate surface area is 117 Å². The number of aliphatic hydroxyl groups is 1. The van der Waals surface area contributed by atoms with E-state index in [9.17, 15) is 9.50 Å². The second-order valence-corrected chi connectivity index (χ2v) is 4.22. The van der Waals surface area contributed by atoms with Gasteiger partial charge >= 0.3 is 0 Å². The van der Waals surface area contributed by atoms with E-state index in [1.807, 2.05) is 13.8 Å². The molecule has 0 bridgehead atoms. The van der Waals surface area contributed by atoms with Crippen LogP contribution in [0.25, 0.3) is 0 Å². The van der Waals surface area contributed by atoms with Crippen LogP contribution in [-0.2, 0) is 0 Å². The van der Waals surface area contributed by atoms with Gasteiger partial charge in [-0.25, -0.2) is 4.98 Å². The second-order valence-electron chi connectivity index (χ2n) is 3.79. The van der Waals surface area contributed by atoms with E-state index in [1.165, 1.54) is 6.20 Å². The van der Waals surface area contributed by atoms with Gasteiger partial charge in [0.1, 0.15) is 6.10 Å².